The van der Waals surface area contributed by atoms with E-state index in [0.717, 1.165) is 16.9 Å². The Morgan fingerprint density at radius 3 is 2.19 bits per heavy atom. The van der Waals surface area contributed by atoms with Gasteiger partial charge in [0.1, 0.15) is 18.0 Å². The minimum absolute atomic E-state index is 0.0931. The third kappa shape index (κ3) is 5.02. The number of rotatable bonds is 8. The van der Waals surface area contributed by atoms with Gasteiger partial charge in [0.05, 0.1) is 11.9 Å². The number of nitrogens with one attached hydrogen (secondary N) is 1. The van der Waals surface area contributed by atoms with E-state index in [0.29, 0.717) is 18.0 Å². The molecule has 3 aromatic carbocycles. The Bertz CT molecular complexity index is 1250. The highest BCUT2D eigenvalue weighted by Crippen LogP contribution is 2.21. The molecule has 32 heavy (non-hydrogen) atoms. The van der Waals surface area contributed by atoms with E-state index in [4.69, 9.17) is 4.74 Å². The maximum absolute atomic E-state index is 12.9. The fraction of sp³-hybridized carbons (Fsp3) is 0.0800. The predicted molar refractivity (Wildman–Crippen MR) is 122 cm³/mol. The van der Waals surface area contributed by atoms with Crippen LogP contribution in [0.3, 0.4) is 0 Å². The van der Waals surface area contributed by atoms with Gasteiger partial charge in [-0.15, -0.1) is 0 Å². The predicted octanol–water partition coefficient (Wildman–Crippen LogP) is 4.40. The number of carbonyl (C=O) groups is 1. The van der Waals surface area contributed by atoms with Crippen molar-refractivity contribution in [2.75, 3.05) is 5.32 Å². The molecule has 7 heteroatoms. The van der Waals surface area contributed by atoms with Crippen molar-refractivity contribution >= 4 is 11.8 Å². The fourth-order valence-electron chi connectivity index (χ4n) is 3.23. The summed E-state index contributed by atoms with van der Waals surface area (Å²) in [6, 6.07) is 26.1. The van der Waals surface area contributed by atoms with Crippen LogP contribution in [0.4, 0.5) is 5.82 Å². The number of anilines is 1. The van der Waals surface area contributed by atoms with Crippen molar-refractivity contribution < 1.29 is 14.6 Å². The van der Waals surface area contributed by atoms with E-state index in [-0.39, 0.29) is 5.82 Å². The van der Waals surface area contributed by atoms with Crippen molar-refractivity contribution in [3.63, 3.8) is 0 Å². The first-order chi connectivity index (χ1) is 15.6. The lowest BCUT2D eigenvalue weighted by Crippen LogP contribution is -2.29. The van der Waals surface area contributed by atoms with Crippen molar-refractivity contribution in [2.45, 2.75) is 13.1 Å². The number of nitrogens with zero attached hydrogens (tertiary/aromatic N) is 2. The highest BCUT2D eigenvalue weighted by Gasteiger charge is 2.14. The zero-order chi connectivity index (χ0) is 22.3. The van der Waals surface area contributed by atoms with Crippen LogP contribution in [0.15, 0.2) is 95.9 Å². The summed E-state index contributed by atoms with van der Waals surface area (Å²) in [5, 5.41) is 12.3. The average molecular weight is 427 g/mol. The summed E-state index contributed by atoms with van der Waals surface area (Å²) in [5.41, 5.74) is 1.60. The zero-order valence-electron chi connectivity index (χ0n) is 17.1. The topological polar surface area (TPSA) is 93.4 Å². The third-order valence-electron chi connectivity index (χ3n) is 4.78. The molecule has 0 saturated carbocycles. The van der Waals surface area contributed by atoms with Crippen LogP contribution in [-0.4, -0.2) is 20.6 Å². The molecular formula is C25H21N3O4. The molecule has 0 fully saturated rings. The molecule has 0 saturated heterocycles. The number of benzene rings is 3. The van der Waals surface area contributed by atoms with Crippen molar-refractivity contribution in [3.05, 3.63) is 107 Å². The van der Waals surface area contributed by atoms with Crippen LogP contribution in [-0.2, 0) is 17.9 Å². The first-order valence-electron chi connectivity index (χ1n) is 10.0. The maximum Gasteiger partial charge on any atom is 0.323 e. The number of hydrogen-bond donors (Lipinski definition) is 2. The Balaban J connectivity index is 1.50. The van der Waals surface area contributed by atoms with Crippen LogP contribution in [0.2, 0.25) is 0 Å². The first-order valence-corrected chi connectivity index (χ1v) is 10.0. The van der Waals surface area contributed by atoms with Gasteiger partial charge >= 0.3 is 5.97 Å². The van der Waals surface area contributed by atoms with Gasteiger partial charge in [0.25, 0.3) is 5.56 Å². The molecule has 2 N–H and O–H groups in total. The third-order valence-corrected chi connectivity index (χ3v) is 4.78. The lowest BCUT2D eigenvalue weighted by molar-refractivity contribution is -0.137. The molecule has 0 spiro atoms. The summed E-state index contributed by atoms with van der Waals surface area (Å²) < 4.78 is 6.99. The van der Waals surface area contributed by atoms with Crippen molar-refractivity contribution in [1.82, 2.24) is 9.55 Å². The normalized spacial score (nSPS) is 10.5. The summed E-state index contributed by atoms with van der Waals surface area (Å²) in [6.45, 7) is -0.0998. The number of ether oxygens (including phenoxy) is 1. The molecular weight excluding hydrogens is 406 g/mol. The molecule has 160 valence electrons. The molecule has 0 amide bonds. The number of para-hydroxylation sites is 1. The van der Waals surface area contributed by atoms with Crippen LogP contribution >= 0.6 is 0 Å². The zero-order valence-corrected chi connectivity index (χ0v) is 17.1. The van der Waals surface area contributed by atoms with Gasteiger partial charge in [-0.1, -0.05) is 60.7 Å². The average Bonchev–Trinajstić information content (AvgIpc) is 2.81. The maximum atomic E-state index is 12.9. The lowest BCUT2D eigenvalue weighted by Gasteiger charge is -2.13. The molecule has 0 atom stereocenters. The second-order valence-corrected chi connectivity index (χ2v) is 7.06. The van der Waals surface area contributed by atoms with Gasteiger partial charge in [-0.05, 0) is 35.4 Å². The Labute approximate surface area is 184 Å². The van der Waals surface area contributed by atoms with E-state index in [9.17, 15) is 14.7 Å². The molecule has 0 bridgehead atoms. The van der Waals surface area contributed by atoms with E-state index in [2.05, 4.69) is 10.3 Å². The Morgan fingerprint density at radius 1 is 0.906 bits per heavy atom. The number of aliphatic carboxylic acids is 1. The van der Waals surface area contributed by atoms with Crippen LogP contribution in [0.1, 0.15) is 5.56 Å². The molecule has 4 rings (SSSR count). The quantitative estimate of drug-likeness (QED) is 0.433. The minimum Gasteiger partial charge on any atom is -0.480 e. The molecule has 0 aliphatic heterocycles. The molecule has 0 aliphatic carbocycles. The lowest BCUT2D eigenvalue weighted by atomic mass is 10.1. The smallest absolute Gasteiger partial charge is 0.323 e. The summed E-state index contributed by atoms with van der Waals surface area (Å²) in [6.07, 6.45) is 1.51. The molecule has 0 unspecified atom stereocenters. The van der Waals surface area contributed by atoms with Crippen LogP contribution < -0.4 is 15.6 Å². The number of aromatic nitrogens is 2. The highest BCUT2D eigenvalue weighted by molar-refractivity contribution is 5.69. The van der Waals surface area contributed by atoms with E-state index in [1.54, 1.807) is 12.1 Å². The molecule has 0 aliphatic rings. The van der Waals surface area contributed by atoms with Gasteiger partial charge in [-0.2, -0.15) is 0 Å². The minimum atomic E-state index is -1.10. The van der Waals surface area contributed by atoms with E-state index in [1.807, 2.05) is 72.8 Å². The molecule has 1 aromatic heterocycles. The first kappa shape index (κ1) is 20.9. The summed E-state index contributed by atoms with van der Waals surface area (Å²) >= 11 is 0. The van der Waals surface area contributed by atoms with Gasteiger partial charge in [0.15, 0.2) is 5.82 Å². The van der Waals surface area contributed by atoms with Gasteiger partial charge in [-0.25, -0.2) is 4.98 Å². The molecule has 4 aromatic rings. The summed E-state index contributed by atoms with van der Waals surface area (Å²) in [5.74, 6) is 0.445. The summed E-state index contributed by atoms with van der Waals surface area (Å²) in [4.78, 5) is 28.5. The van der Waals surface area contributed by atoms with Crippen LogP contribution in [0.5, 0.6) is 11.5 Å². The van der Waals surface area contributed by atoms with E-state index < -0.39 is 18.1 Å². The SMILES string of the molecule is O=C(O)Cn1c(-c2ccccc2)cnc(NCc2ccc(Oc3ccccc3)cc2)c1=O. The van der Waals surface area contributed by atoms with Crippen molar-refractivity contribution in [1.29, 1.82) is 0 Å². The fourth-order valence-corrected chi connectivity index (χ4v) is 3.23. The largest absolute Gasteiger partial charge is 0.480 e. The highest BCUT2D eigenvalue weighted by atomic mass is 16.5. The monoisotopic (exact) mass is 427 g/mol. The van der Waals surface area contributed by atoms with E-state index >= 15 is 0 Å². The van der Waals surface area contributed by atoms with Crippen LogP contribution in [0.25, 0.3) is 11.3 Å². The second-order valence-electron chi connectivity index (χ2n) is 7.06. The molecule has 7 nitrogen and oxygen atoms in total. The summed E-state index contributed by atoms with van der Waals surface area (Å²) in [7, 11) is 0. The van der Waals surface area contributed by atoms with Gasteiger partial charge in [-0.3, -0.25) is 14.2 Å². The number of carboxylic acid groups (broad SMARTS) is 1. The standard InChI is InChI=1S/C25H21N3O4/c29-23(30)17-28-22(19-7-3-1-4-8-19)16-27-24(25(28)31)26-15-18-11-13-21(14-12-18)32-20-9-5-2-6-10-20/h1-14,16H,15,17H2,(H,26,27)(H,29,30). The van der Waals surface area contributed by atoms with Gasteiger partial charge in [0, 0.05) is 6.54 Å². The molecule has 0 radical (unpaired) electrons. The number of hydrogen-bond acceptors (Lipinski definition) is 5. The van der Waals surface area contributed by atoms with Crippen molar-refractivity contribution in [2.24, 2.45) is 0 Å². The molecule has 1 heterocycles. The van der Waals surface area contributed by atoms with Crippen LogP contribution in [0, 0.1) is 0 Å². The van der Waals surface area contributed by atoms with Gasteiger partial charge in [0.2, 0.25) is 0 Å². The van der Waals surface area contributed by atoms with Gasteiger partial charge < -0.3 is 15.2 Å². The van der Waals surface area contributed by atoms with E-state index in [1.165, 1.54) is 10.8 Å². The Hall–Kier alpha value is -4.39. The number of carboxylic acids is 1. The Kier molecular flexibility index (Phi) is 6.27. The Morgan fingerprint density at radius 2 is 1.53 bits per heavy atom. The van der Waals surface area contributed by atoms with Crippen molar-refractivity contribution in [3.8, 4) is 22.8 Å². The second kappa shape index (κ2) is 9.61.